The standard InChI is InChI=1S/C31H27Cl2FN6O/c1-17-15-40(16-18(2)37-17)30(41)19-6-9-21(10-7-19)38-31-36-13-20-8-11-22-23(28-25(32)4-3-5-26(28)34)12-27(33)35-14-24(22)29(20)39-31/h3-7,9-14,17-18,37H,8,15-16H2,1-2H3,(H,36,38,39). The van der Waals surface area contributed by atoms with Crippen LogP contribution in [0.3, 0.4) is 0 Å². The fraction of sp³-hybridized carbons (Fsp3) is 0.226. The second-order valence-corrected chi connectivity index (χ2v) is 11.2. The van der Waals surface area contributed by atoms with Crippen LogP contribution in [-0.2, 0) is 6.42 Å². The van der Waals surface area contributed by atoms with Gasteiger partial charge in [0.2, 0.25) is 5.95 Å². The molecule has 208 valence electrons. The van der Waals surface area contributed by atoms with Crippen LogP contribution in [0.5, 0.6) is 0 Å². The van der Waals surface area contributed by atoms with E-state index in [0.29, 0.717) is 47.9 Å². The Labute approximate surface area is 247 Å². The molecule has 1 amide bonds. The van der Waals surface area contributed by atoms with Crippen molar-refractivity contribution in [2.45, 2.75) is 32.4 Å². The number of benzene rings is 2. The lowest BCUT2D eigenvalue weighted by Gasteiger charge is -2.36. The minimum Gasteiger partial charge on any atom is -0.336 e. The van der Waals surface area contributed by atoms with Gasteiger partial charge >= 0.3 is 0 Å². The molecule has 2 unspecified atom stereocenters. The Morgan fingerprint density at radius 1 is 1.05 bits per heavy atom. The molecule has 2 N–H and O–H groups in total. The Bertz CT molecular complexity index is 1630. The minimum atomic E-state index is -0.450. The monoisotopic (exact) mass is 588 g/mol. The maximum absolute atomic E-state index is 15.0. The molecular weight excluding hydrogens is 562 g/mol. The van der Waals surface area contributed by atoms with Gasteiger partial charge in [0.15, 0.2) is 0 Å². The number of nitrogens with one attached hydrogen (secondary N) is 2. The molecule has 1 fully saturated rings. The molecule has 3 aliphatic rings. The molecule has 10 heteroatoms. The van der Waals surface area contributed by atoms with Crippen molar-refractivity contribution in [1.29, 1.82) is 0 Å². The minimum absolute atomic E-state index is 0.0134. The highest BCUT2D eigenvalue weighted by Gasteiger charge is 2.28. The number of allylic oxidation sites excluding steroid dienone is 5. The Balaban J connectivity index is 1.26. The molecule has 2 atom stereocenters. The van der Waals surface area contributed by atoms with Gasteiger partial charge in [-0.3, -0.25) is 4.79 Å². The average molecular weight is 590 g/mol. The summed E-state index contributed by atoms with van der Waals surface area (Å²) in [6.45, 7) is 5.51. The fourth-order valence-electron chi connectivity index (χ4n) is 5.51. The van der Waals surface area contributed by atoms with E-state index in [9.17, 15) is 9.18 Å². The van der Waals surface area contributed by atoms with E-state index < -0.39 is 5.82 Å². The number of piperazine rings is 1. The van der Waals surface area contributed by atoms with Gasteiger partial charge in [0.25, 0.3) is 5.91 Å². The zero-order valence-electron chi connectivity index (χ0n) is 22.5. The first-order valence-corrected chi connectivity index (χ1v) is 14.1. The molecule has 1 aromatic heterocycles. The van der Waals surface area contributed by atoms with Crippen LogP contribution in [0.4, 0.5) is 16.0 Å². The van der Waals surface area contributed by atoms with Crippen LogP contribution in [0.1, 0.15) is 41.0 Å². The lowest BCUT2D eigenvalue weighted by atomic mass is 9.85. The van der Waals surface area contributed by atoms with Crippen LogP contribution in [0.2, 0.25) is 5.02 Å². The first kappa shape index (κ1) is 27.3. The van der Waals surface area contributed by atoms with Crippen molar-refractivity contribution in [1.82, 2.24) is 20.2 Å². The van der Waals surface area contributed by atoms with E-state index in [1.54, 1.807) is 42.7 Å². The SMILES string of the molecule is CC1CN(C(=O)c2ccc(Nc3ncc4c(n3)C3=CN=C(Cl)C=C(c5c(F)cccc5Cl)C3=CC4)cc2)CC(C)N1. The van der Waals surface area contributed by atoms with Crippen molar-refractivity contribution < 1.29 is 9.18 Å². The summed E-state index contributed by atoms with van der Waals surface area (Å²) in [4.78, 5) is 28.6. The van der Waals surface area contributed by atoms with Crippen LogP contribution < -0.4 is 10.6 Å². The number of aliphatic imine (C=N–C) groups is 1. The molecule has 1 aliphatic carbocycles. The molecule has 7 nitrogen and oxygen atoms in total. The molecule has 0 bridgehead atoms. The van der Waals surface area contributed by atoms with E-state index in [1.165, 1.54) is 6.07 Å². The molecular formula is C31H27Cl2FN6O. The van der Waals surface area contributed by atoms with Crippen molar-refractivity contribution in [3.63, 3.8) is 0 Å². The molecule has 0 saturated carbocycles. The molecule has 2 aromatic carbocycles. The molecule has 0 radical (unpaired) electrons. The number of carbonyl (C=O) groups is 1. The maximum Gasteiger partial charge on any atom is 0.253 e. The topological polar surface area (TPSA) is 82.5 Å². The zero-order chi connectivity index (χ0) is 28.7. The van der Waals surface area contributed by atoms with E-state index in [4.69, 9.17) is 28.2 Å². The summed E-state index contributed by atoms with van der Waals surface area (Å²) < 4.78 is 15.0. The largest absolute Gasteiger partial charge is 0.336 e. The van der Waals surface area contributed by atoms with Crippen LogP contribution >= 0.6 is 23.2 Å². The fourth-order valence-corrected chi connectivity index (χ4v) is 5.93. The molecule has 3 heterocycles. The van der Waals surface area contributed by atoms with E-state index in [-0.39, 0.29) is 33.7 Å². The van der Waals surface area contributed by atoms with Crippen LogP contribution in [0.15, 0.2) is 77.6 Å². The van der Waals surface area contributed by atoms with Crippen molar-refractivity contribution in [2.24, 2.45) is 4.99 Å². The number of amides is 1. The van der Waals surface area contributed by atoms with Gasteiger partial charge in [-0.2, -0.15) is 0 Å². The van der Waals surface area contributed by atoms with Gasteiger partial charge in [-0.1, -0.05) is 35.3 Å². The number of anilines is 2. The molecule has 3 aromatic rings. The molecule has 1 saturated heterocycles. The average Bonchev–Trinajstić information content (AvgIpc) is 3.11. The van der Waals surface area contributed by atoms with Crippen molar-refractivity contribution in [3.05, 3.63) is 106 Å². The first-order chi connectivity index (χ1) is 19.8. The number of hydrogen-bond acceptors (Lipinski definition) is 6. The third-order valence-electron chi connectivity index (χ3n) is 7.27. The molecule has 0 spiro atoms. The smallest absolute Gasteiger partial charge is 0.253 e. The Morgan fingerprint density at radius 2 is 1.80 bits per heavy atom. The van der Waals surface area contributed by atoms with Crippen LogP contribution in [0.25, 0.3) is 11.1 Å². The van der Waals surface area contributed by atoms with Gasteiger partial charge < -0.3 is 15.5 Å². The molecule has 41 heavy (non-hydrogen) atoms. The summed E-state index contributed by atoms with van der Waals surface area (Å²) in [6, 6.07) is 12.4. The van der Waals surface area contributed by atoms with Crippen LogP contribution in [-0.4, -0.2) is 51.1 Å². The Morgan fingerprint density at radius 3 is 2.54 bits per heavy atom. The van der Waals surface area contributed by atoms with E-state index >= 15 is 0 Å². The van der Waals surface area contributed by atoms with Gasteiger partial charge in [-0.15, -0.1) is 0 Å². The summed E-state index contributed by atoms with van der Waals surface area (Å²) >= 11 is 12.8. The highest BCUT2D eigenvalue weighted by atomic mass is 35.5. The Hall–Kier alpha value is -3.85. The number of carbonyl (C=O) groups excluding carboxylic acids is 1. The quantitative estimate of drug-likeness (QED) is 0.369. The summed E-state index contributed by atoms with van der Waals surface area (Å²) in [5.74, 6) is -0.0583. The number of nitrogens with zero attached hydrogens (tertiary/aromatic N) is 4. The lowest BCUT2D eigenvalue weighted by molar-refractivity contribution is 0.0674. The van der Waals surface area contributed by atoms with Crippen LogP contribution in [0, 0.1) is 5.82 Å². The van der Waals surface area contributed by atoms with Gasteiger partial charge in [0.1, 0.15) is 11.0 Å². The van der Waals surface area contributed by atoms with E-state index in [0.717, 1.165) is 16.8 Å². The third kappa shape index (κ3) is 5.55. The maximum atomic E-state index is 15.0. The summed E-state index contributed by atoms with van der Waals surface area (Å²) in [5, 5.41) is 7.16. The second kappa shape index (κ2) is 11.2. The number of halogens is 3. The highest BCUT2D eigenvalue weighted by molar-refractivity contribution is 6.69. The number of hydrogen-bond donors (Lipinski definition) is 2. The van der Waals surface area contributed by atoms with Gasteiger partial charge in [-0.05, 0) is 73.9 Å². The molecule has 6 rings (SSSR count). The summed E-state index contributed by atoms with van der Waals surface area (Å²) in [6.07, 6.45) is 7.55. The zero-order valence-corrected chi connectivity index (χ0v) is 24.0. The third-order valence-corrected chi connectivity index (χ3v) is 7.79. The molecule has 2 aliphatic heterocycles. The van der Waals surface area contributed by atoms with Gasteiger partial charge in [-0.25, -0.2) is 19.4 Å². The van der Waals surface area contributed by atoms with Crippen molar-refractivity contribution in [2.75, 3.05) is 18.4 Å². The summed E-state index contributed by atoms with van der Waals surface area (Å²) in [5.41, 5.74) is 5.17. The predicted octanol–water partition coefficient (Wildman–Crippen LogP) is 6.39. The van der Waals surface area contributed by atoms with E-state index in [2.05, 4.69) is 34.5 Å². The van der Waals surface area contributed by atoms with E-state index in [1.807, 2.05) is 23.1 Å². The number of aromatic nitrogens is 2. The first-order valence-electron chi connectivity index (χ1n) is 13.4. The highest BCUT2D eigenvalue weighted by Crippen LogP contribution is 2.42. The normalized spacial score (nSPS) is 20.1. The van der Waals surface area contributed by atoms with Gasteiger partial charge in [0, 0.05) is 65.5 Å². The van der Waals surface area contributed by atoms with Gasteiger partial charge in [0.05, 0.1) is 10.7 Å². The summed E-state index contributed by atoms with van der Waals surface area (Å²) in [7, 11) is 0. The van der Waals surface area contributed by atoms with Crippen molar-refractivity contribution in [3.8, 4) is 0 Å². The number of fused-ring (bicyclic) bond motifs is 3. The number of rotatable bonds is 4. The predicted molar refractivity (Wildman–Crippen MR) is 162 cm³/mol. The second-order valence-electron chi connectivity index (χ2n) is 10.4. The Kier molecular flexibility index (Phi) is 7.46. The van der Waals surface area contributed by atoms with Crippen molar-refractivity contribution >= 4 is 57.1 Å². The lowest BCUT2D eigenvalue weighted by Crippen LogP contribution is -2.55.